The molecule has 13 rings (SSSR count). The van der Waals surface area contributed by atoms with Crippen molar-refractivity contribution in [1.29, 1.82) is 0 Å². The Bertz CT molecular complexity index is 2740. The molecule has 4 fully saturated rings. The number of para-hydroxylation sites is 1. The third-order valence-corrected chi connectivity index (χ3v) is 15.2. The fraction of sp³-hybridized carbons (Fsp3) is 0.186. The van der Waals surface area contributed by atoms with Gasteiger partial charge in [-0.3, -0.25) is 0 Å². The number of hydrogen-bond donors (Lipinski definition) is 0. The van der Waals surface area contributed by atoms with E-state index in [4.69, 9.17) is 0 Å². The Labute approximate surface area is 355 Å². The lowest BCUT2D eigenvalue weighted by Gasteiger charge is -2.65. The monoisotopic (exact) mass is 771 g/mol. The van der Waals surface area contributed by atoms with Crippen LogP contribution in [0.15, 0.2) is 212 Å². The molecule has 0 aromatic heterocycles. The van der Waals surface area contributed by atoms with Gasteiger partial charge >= 0.3 is 0 Å². The highest BCUT2D eigenvalue weighted by atomic mass is 15.1. The molecule has 4 bridgehead atoms. The number of rotatable bonds is 7. The average Bonchev–Trinajstić information content (AvgIpc) is 3.32. The first kappa shape index (κ1) is 35.5. The predicted molar refractivity (Wildman–Crippen MR) is 248 cm³/mol. The molecule has 1 spiro atoms. The van der Waals surface area contributed by atoms with Crippen molar-refractivity contribution in [3.8, 4) is 22.3 Å². The smallest absolute Gasteiger partial charge is 0.0708 e. The maximum absolute atomic E-state index is 2.63. The summed E-state index contributed by atoms with van der Waals surface area (Å²) in [6, 6.07) is 80.1. The third kappa shape index (κ3) is 5.24. The first-order chi connectivity index (χ1) is 29.7. The number of anilines is 3. The van der Waals surface area contributed by atoms with E-state index in [1.54, 1.807) is 11.1 Å². The third-order valence-electron chi connectivity index (χ3n) is 15.2. The zero-order valence-corrected chi connectivity index (χ0v) is 34.0. The van der Waals surface area contributed by atoms with E-state index >= 15 is 0 Å². The van der Waals surface area contributed by atoms with E-state index in [9.17, 15) is 0 Å². The number of fused-ring (bicyclic) bond motifs is 2. The van der Waals surface area contributed by atoms with E-state index in [-0.39, 0.29) is 5.41 Å². The van der Waals surface area contributed by atoms with E-state index in [0.29, 0.717) is 11.8 Å². The van der Waals surface area contributed by atoms with Gasteiger partial charge in [-0.25, -0.2) is 0 Å². The van der Waals surface area contributed by atoms with Crippen molar-refractivity contribution in [2.24, 2.45) is 23.7 Å². The summed E-state index contributed by atoms with van der Waals surface area (Å²) in [5.74, 6) is 3.02. The second kappa shape index (κ2) is 14.1. The van der Waals surface area contributed by atoms with Crippen LogP contribution in [-0.2, 0) is 10.8 Å². The Hall–Kier alpha value is -6.44. The van der Waals surface area contributed by atoms with Crippen LogP contribution in [0.4, 0.5) is 17.1 Å². The highest BCUT2D eigenvalue weighted by Gasteiger charge is 2.63. The average molecular weight is 772 g/mol. The molecule has 5 aliphatic rings. The summed E-state index contributed by atoms with van der Waals surface area (Å²) in [5, 5.41) is 0. The molecule has 290 valence electrons. The van der Waals surface area contributed by atoms with Gasteiger partial charge < -0.3 is 4.90 Å². The maximum Gasteiger partial charge on any atom is 0.0708 e. The van der Waals surface area contributed by atoms with Crippen molar-refractivity contribution in [1.82, 2.24) is 0 Å². The topological polar surface area (TPSA) is 3.24 Å². The molecule has 8 aromatic carbocycles. The van der Waals surface area contributed by atoms with E-state index in [0.717, 1.165) is 17.5 Å². The van der Waals surface area contributed by atoms with Gasteiger partial charge in [-0.05, 0) is 136 Å². The van der Waals surface area contributed by atoms with Crippen molar-refractivity contribution in [3.63, 3.8) is 0 Å². The molecule has 0 N–H and O–H groups in total. The molecular weight excluding hydrogens is 723 g/mol. The lowest BCUT2D eigenvalue weighted by molar-refractivity contribution is -0.0440. The van der Waals surface area contributed by atoms with Gasteiger partial charge in [-0.2, -0.15) is 0 Å². The molecule has 0 aliphatic heterocycles. The summed E-state index contributed by atoms with van der Waals surface area (Å²) in [6.45, 7) is 0. The van der Waals surface area contributed by atoms with Crippen LogP contribution >= 0.6 is 0 Å². The first-order valence-electron chi connectivity index (χ1n) is 22.2. The molecule has 0 amide bonds. The molecule has 8 aromatic rings. The molecular formula is C59H49N. The zero-order valence-electron chi connectivity index (χ0n) is 34.0. The molecule has 0 atom stereocenters. The van der Waals surface area contributed by atoms with Crippen LogP contribution in [0.25, 0.3) is 22.3 Å². The molecule has 0 heterocycles. The Kier molecular flexibility index (Phi) is 8.34. The highest BCUT2D eigenvalue weighted by Crippen LogP contribution is 2.70. The Morgan fingerprint density at radius 3 is 1.43 bits per heavy atom. The SMILES string of the molecule is c1ccc(-c2ccc(N(c3ccc4c(c3)C(c3ccccc3)(c3ccccc3)c3ccccc3C43C4CC5CC(C4)CC3C5)c3ccccc3-c3ccccc3)cc2)cc1. The van der Waals surface area contributed by atoms with Gasteiger partial charge in [0.2, 0.25) is 0 Å². The van der Waals surface area contributed by atoms with Crippen LogP contribution in [0.2, 0.25) is 0 Å². The standard InChI is InChI=1S/C59H49N/c1-5-17-43(18-6-1)44-29-31-50(32-30-44)60(57-28-16-13-25-52(57)45-19-7-2-8-20-45)51-33-34-55-56(40-51)58(46-21-9-3-10-22-46,47-23-11-4-12-24-47)53-26-14-15-27-54(53)59(55)48-36-41-35-42(38-48)39-49(59)37-41/h1-34,40-42,48-49H,35-39H2. The lowest BCUT2D eigenvalue weighted by atomic mass is 9.38. The van der Waals surface area contributed by atoms with Crippen LogP contribution in [0.3, 0.4) is 0 Å². The van der Waals surface area contributed by atoms with Crippen LogP contribution in [0, 0.1) is 23.7 Å². The molecule has 0 saturated heterocycles. The molecule has 1 nitrogen and oxygen atoms in total. The van der Waals surface area contributed by atoms with Gasteiger partial charge in [-0.1, -0.05) is 182 Å². The number of nitrogens with zero attached hydrogens (tertiary/aromatic N) is 1. The summed E-state index contributed by atoms with van der Waals surface area (Å²) in [4.78, 5) is 2.53. The first-order valence-corrected chi connectivity index (χ1v) is 22.2. The second-order valence-electron chi connectivity index (χ2n) is 18.1. The Morgan fingerprint density at radius 2 is 0.817 bits per heavy atom. The maximum atomic E-state index is 2.63. The summed E-state index contributed by atoms with van der Waals surface area (Å²) in [6.07, 6.45) is 6.81. The van der Waals surface area contributed by atoms with Crippen molar-refractivity contribution in [2.75, 3.05) is 4.90 Å². The summed E-state index contributed by atoms with van der Waals surface area (Å²) < 4.78 is 0. The van der Waals surface area contributed by atoms with Crippen molar-refractivity contribution >= 4 is 17.1 Å². The Morgan fingerprint density at radius 1 is 0.350 bits per heavy atom. The van der Waals surface area contributed by atoms with Gasteiger partial charge in [0, 0.05) is 22.4 Å². The van der Waals surface area contributed by atoms with Gasteiger partial charge in [0.15, 0.2) is 0 Å². The van der Waals surface area contributed by atoms with Crippen LogP contribution in [-0.4, -0.2) is 0 Å². The van der Waals surface area contributed by atoms with Crippen molar-refractivity contribution in [2.45, 2.75) is 42.9 Å². The Balaban J connectivity index is 1.16. The van der Waals surface area contributed by atoms with Crippen LogP contribution < -0.4 is 4.90 Å². The highest BCUT2D eigenvalue weighted by molar-refractivity contribution is 5.89. The fourth-order valence-electron chi connectivity index (χ4n) is 13.2. The molecule has 1 heteroatoms. The number of hydrogen-bond acceptors (Lipinski definition) is 1. The minimum atomic E-state index is -0.522. The largest absolute Gasteiger partial charge is 0.310 e. The molecule has 5 aliphatic carbocycles. The van der Waals surface area contributed by atoms with Gasteiger partial charge in [0.05, 0.1) is 11.1 Å². The minimum Gasteiger partial charge on any atom is -0.310 e. The molecule has 0 unspecified atom stereocenters. The normalized spacial score (nSPS) is 22.9. The molecule has 60 heavy (non-hydrogen) atoms. The summed E-state index contributed by atoms with van der Waals surface area (Å²) in [7, 11) is 0. The minimum absolute atomic E-state index is 0.0188. The predicted octanol–water partition coefficient (Wildman–Crippen LogP) is 14.9. The van der Waals surface area contributed by atoms with Crippen molar-refractivity contribution in [3.05, 3.63) is 246 Å². The van der Waals surface area contributed by atoms with Gasteiger partial charge in [0.25, 0.3) is 0 Å². The van der Waals surface area contributed by atoms with E-state index in [1.807, 2.05) is 0 Å². The quantitative estimate of drug-likeness (QED) is 0.156. The van der Waals surface area contributed by atoms with E-state index in [2.05, 4.69) is 217 Å². The second-order valence-corrected chi connectivity index (χ2v) is 18.1. The van der Waals surface area contributed by atoms with E-state index in [1.165, 1.54) is 88.0 Å². The zero-order chi connectivity index (χ0) is 39.7. The lowest BCUT2D eigenvalue weighted by Crippen LogP contribution is -2.59. The fourth-order valence-corrected chi connectivity index (χ4v) is 13.2. The number of benzene rings is 8. The van der Waals surface area contributed by atoms with Crippen LogP contribution in [0.1, 0.15) is 65.5 Å². The molecule has 4 saturated carbocycles. The molecule has 0 radical (unpaired) electrons. The van der Waals surface area contributed by atoms with Gasteiger partial charge in [-0.15, -0.1) is 0 Å². The summed E-state index contributed by atoms with van der Waals surface area (Å²) >= 11 is 0. The summed E-state index contributed by atoms with van der Waals surface area (Å²) in [5.41, 5.74) is 16.5. The van der Waals surface area contributed by atoms with E-state index < -0.39 is 5.41 Å². The van der Waals surface area contributed by atoms with Crippen LogP contribution in [0.5, 0.6) is 0 Å². The van der Waals surface area contributed by atoms with Crippen molar-refractivity contribution < 1.29 is 0 Å². The van der Waals surface area contributed by atoms with Gasteiger partial charge in [0.1, 0.15) is 0 Å².